The molecule has 0 N–H and O–H groups in total. The van der Waals surface area contributed by atoms with Crippen LogP contribution in [0, 0.1) is 0 Å². The summed E-state index contributed by atoms with van der Waals surface area (Å²) in [5.41, 5.74) is 1.81. The van der Waals surface area contributed by atoms with Crippen LogP contribution in [0.15, 0.2) is 54.6 Å². The Morgan fingerprint density at radius 2 is 1.86 bits per heavy atom. The number of rotatable bonds is 6. The number of likely N-dealkylation sites (N-methyl/N-ethyl adjacent to an activating group) is 1. The van der Waals surface area contributed by atoms with Crippen molar-refractivity contribution in [2.75, 3.05) is 11.9 Å². The van der Waals surface area contributed by atoms with Crippen LogP contribution < -0.4 is 4.90 Å². The quantitative estimate of drug-likeness (QED) is 0.612. The van der Waals surface area contributed by atoms with Crippen LogP contribution in [0.25, 0.3) is 11.4 Å². The fraction of sp³-hybridized carbons (Fsp3) is 0.250. The monoisotopic (exact) mass is 379 g/mol. The molecular weight excluding hydrogens is 358 g/mol. The molecule has 28 heavy (non-hydrogen) atoms. The van der Waals surface area contributed by atoms with Crippen molar-refractivity contribution >= 4 is 17.6 Å². The highest BCUT2D eigenvalue weighted by Crippen LogP contribution is 2.17. The second-order valence-corrected chi connectivity index (χ2v) is 6.47. The molecule has 0 aliphatic heterocycles. The van der Waals surface area contributed by atoms with Crippen molar-refractivity contribution in [3.63, 3.8) is 0 Å². The minimum Gasteiger partial charge on any atom is -0.459 e. The zero-order chi connectivity index (χ0) is 20.1. The van der Waals surface area contributed by atoms with Gasteiger partial charge in [-0.3, -0.25) is 4.79 Å². The number of anilines is 1. The summed E-state index contributed by atoms with van der Waals surface area (Å²) in [5.74, 6) is -0.261. The van der Waals surface area contributed by atoms with E-state index in [-0.39, 0.29) is 18.6 Å². The van der Waals surface area contributed by atoms with Crippen LogP contribution in [-0.4, -0.2) is 45.2 Å². The van der Waals surface area contributed by atoms with Crippen LogP contribution in [0.4, 0.5) is 5.69 Å². The minimum absolute atomic E-state index is 0.0481. The maximum atomic E-state index is 12.4. The topological polar surface area (TPSA) is 90.2 Å². The third-order valence-corrected chi connectivity index (χ3v) is 3.95. The van der Waals surface area contributed by atoms with E-state index < -0.39 is 5.97 Å². The number of hydrogen-bond donors (Lipinski definition) is 0. The molecule has 0 saturated heterocycles. The van der Waals surface area contributed by atoms with Gasteiger partial charge in [-0.2, -0.15) is 4.80 Å². The van der Waals surface area contributed by atoms with Crippen molar-refractivity contribution in [3.8, 4) is 11.4 Å². The molecule has 0 fully saturated rings. The lowest BCUT2D eigenvalue weighted by Gasteiger charge is -2.16. The summed E-state index contributed by atoms with van der Waals surface area (Å²) in [6.45, 7) is 3.53. The summed E-state index contributed by atoms with van der Waals surface area (Å²) in [6.07, 6.45) is -0.206. The van der Waals surface area contributed by atoms with Crippen LogP contribution in [-0.2, 0) is 16.1 Å². The normalized spacial score (nSPS) is 10.7. The highest BCUT2D eigenvalue weighted by molar-refractivity contribution is 5.92. The van der Waals surface area contributed by atoms with Gasteiger partial charge in [0, 0.05) is 18.3 Å². The maximum absolute atomic E-state index is 12.4. The SMILES string of the molecule is CC(C)OC(=O)c1cccc(-c2nnn(CC(=O)N(C)c3ccccc3)n2)c1. The van der Waals surface area contributed by atoms with Crippen LogP contribution in [0.2, 0.25) is 0 Å². The van der Waals surface area contributed by atoms with Crippen molar-refractivity contribution in [1.82, 2.24) is 20.2 Å². The van der Waals surface area contributed by atoms with Gasteiger partial charge in [-0.1, -0.05) is 30.3 Å². The van der Waals surface area contributed by atoms with E-state index in [0.717, 1.165) is 5.69 Å². The highest BCUT2D eigenvalue weighted by Gasteiger charge is 2.15. The molecule has 8 heteroatoms. The fourth-order valence-electron chi connectivity index (χ4n) is 2.52. The fourth-order valence-corrected chi connectivity index (χ4v) is 2.52. The minimum atomic E-state index is -0.413. The molecule has 0 aliphatic carbocycles. The Bertz CT molecular complexity index is 969. The first-order valence-electron chi connectivity index (χ1n) is 8.85. The molecule has 0 unspecified atom stereocenters. The van der Waals surface area contributed by atoms with Gasteiger partial charge in [0.1, 0.15) is 6.54 Å². The molecule has 3 rings (SSSR count). The van der Waals surface area contributed by atoms with E-state index >= 15 is 0 Å². The van der Waals surface area contributed by atoms with Gasteiger partial charge in [-0.05, 0) is 43.3 Å². The van der Waals surface area contributed by atoms with E-state index in [4.69, 9.17) is 4.74 Å². The molecule has 0 atom stereocenters. The van der Waals surface area contributed by atoms with Crippen molar-refractivity contribution in [3.05, 3.63) is 60.2 Å². The first kappa shape index (κ1) is 19.2. The highest BCUT2D eigenvalue weighted by atomic mass is 16.5. The van der Waals surface area contributed by atoms with Gasteiger partial charge < -0.3 is 9.64 Å². The van der Waals surface area contributed by atoms with Crippen LogP contribution >= 0.6 is 0 Å². The average molecular weight is 379 g/mol. The predicted molar refractivity (Wildman–Crippen MR) is 104 cm³/mol. The molecule has 1 aromatic heterocycles. The number of carbonyl (C=O) groups excluding carboxylic acids is 2. The Hall–Kier alpha value is -3.55. The van der Waals surface area contributed by atoms with E-state index in [1.54, 1.807) is 45.2 Å². The number of ether oxygens (including phenoxy) is 1. The summed E-state index contributed by atoms with van der Waals surface area (Å²) in [6, 6.07) is 16.1. The number of tetrazole rings is 1. The van der Waals surface area contributed by atoms with Gasteiger partial charge in [0.15, 0.2) is 0 Å². The Balaban J connectivity index is 1.72. The van der Waals surface area contributed by atoms with Gasteiger partial charge in [0.2, 0.25) is 11.7 Å². The lowest BCUT2D eigenvalue weighted by Crippen LogP contribution is -2.30. The van der Waals surface area contributed by atoms with Gasteiger partial charge in [-0.15, -0.1) is 10.2 Å². The summed E-state index contributed by atoms with van der Waals surface area (Å²) in [7, 11) is 1.69. The predicted octanol–water partition coefficient (Wildman–Crippen LogP) is 2.57. The summed E-state index contributed by atoms with van der Waals surface area (Å²) < 4.78 is 5.20. The van der Waals surface area contributed by atoms with Gasteiger partial charge in [0.05, 0.1) is 11.7 Å². The maximum Gasteiger partial charge on any atom is 0.338 e. The Labute approximate surface area is 162 Å². The van der Waals surface area contributed by atoms with Crippen molar-refractivity contribution in [2.24, 2.45) is 0 Å². The van der Waals surface area contributed by atoms with E-state index in [9.17, 15) is 9.59 Å². The first-order chi connectivity index (χ1) is 13.4. The smallest absolute Gasteiger partial charge is 0.338 e. The summed E-state index contributed by atoms with van der Waals surface area (Å²) in [4.78, 5) is 27.3. The second kappa shape index (κ2) is 8.43. The van der Waals surface area contributed by atoms with Gasteiger partial charge >= 0.3 is 5.97 Å². The van der Waals surface area contributed by atoms with Crippen LogP contribution in [0.5, 0.6) is 0 Å². The first-order valence-corrected chi connectivity index (χ1v) is 8.85. The number of para-hydroxylation sites is 1. The molecule has 0 spiro atoms. The lowest BCUT2D eigenvalue weighted by molar-refractivity contribution is -0.119. The second-order valence-electron chi connectivity index (χ2n) is 6.47. The number of carbonyl (C=O) groups is 2. The van der Waals surface area contributed by atoms with E-state index in [1.807, 2.05) is 30.3 Å². The number of nitrogens with zero attached hydrogens (tertiary/aromatic N) is 5. The molecule has 144 valence electrons. The molecular formula is C20H21N5O3. The standard InChI is InChI=1S/C20H21N5O3/c1-14(2)28-20(27)16-9-7-8-15(12-16)19-21-23-25(22-19)13-18(26)24(3)17-10-5-4-6-11-17/h4-12,14H,13H2,1-3H3. The zero-order valence-electron chi connectivity index (χ0n) is 15.9. The molecule has 1 amide bonds. The molecule has 0 bridgehead atoms. The largest absolute Gasteiger partial charge is 0.459 e. The van der Waals surface area contributed by atoms with Crippen molar-refractivity contribution in [1.29, 1.82) is 0 Å². The number of amides is 1. The average Bonchev–Trinajstić information content (AvgIpc) is 3.16. The molecule has 0 saturated carbocycles. The van der Waals surface area contributed by atoms with Crippen LogP contribution in [0.1, 0.15) is 24.2 Å². The van der Waals surface area contributed by atoms with E-state index in [0.29, 0.717) is 17.0 Å². The third kappa shape index (κ3) is 4.59. The number of aromatic nitrogens is 4. The van der Waals surface area contributed by atoms with Crippen molar-refractivity contribution in [2.45, 2.75) is 26.5 Å². The third-order valence-electron chi connectivity index (χ3n) is 3.95. The van der Waals surface area contributed by atoms with E-state index in [2.05, 4.69) is 15.4 Å². The molecule has 8 nitrogen and oxygen atoms in total. The van der Waals surface area contributed by atoms with Gasteiger partial charge in [0.25, 0.3) is 0 Å². The number of benzene rings is 2. The summed E-state index contributed by atoms with van der Waals surface area (Å²) >= 11 is 0. The zero-order valence-corrected chi connectivity index (χ0v) is 15.9. The number of esters is 1. The molecule has 0 radical (unpaired) electrons. The Morgan fingerprint density at radius 3 is 2.57 bits per heavy atom. The Kier molecular flexibility index (Phi) is 5.78. The van der Waals surface area contributed by atoms with Gasteiger partial charge in [-0.25, -0.2) is 4.79 Å². The summed E-state index contributed by atoms with van der Waals surface area (Å²) in [5, 5.41) is 12.2. The van der Waals surface area contributed by atoms with E-state index in [1.165, 1.54) is 9.70 Å². The Morgan fingerprint density at radius 1 is 1.11 bits per heavy atom. The van der Waals surface area contributed by atoms with Crippen molar-refractivity contribution < 1.29 is 14.3 Å². The molecule has 1 heterocycles. The number of hydrogen-bond acceptors (Lipinski definition) is 6. The van der Waals surface area contributed by atoms with Crippen LogP contribution in [0.3, 0.4) is 0 Å². The molecule has 2 aromatic carbocycles. The lowest BCUT2D eigenvalue weighted by atomic mass is 10.1. The molecule has 3 aromatic rings. The molecule has 0 aliphatic rings.